The van der Waals surface area contributed by atoms with Gasteiger partial charge in [-0.3, -0.25) is 0 Å². The number of aryl methyl sites for hydroxylation is 1. The molecule has 0 unspecified atom stereocenters. The van der Waals surface area contributed by atoms with Crippen molar-refractivity contribution >= 4 is 17.3 Å². The highest BCUT2D eigenvalue weighted by Gasteiger charge is 2.00. The Hall–Kier alpha value is -1.36. The predicted octanol–water partition coefficient (Wildman–Crippen LogP) is 1.47. The second-order valence-corrected chi connectivity index (χ2v) is 4.64. The number of nitrogens with two attached hydrogens (primary N) is 1. The van der Waals surface area contributed by atoms with E-state index in [2.05, 4.69) is 21.9 Å². The molecule has 3 N–H and O–H groups in total. The second-order valence-electron chi connectivity index (χ2n) is 3.70. The van der Waals surface area contributed by atoms with E-state index in [0.717, 1.165) is 24.2 Å². The molecule has 0 aliphatic heterocycles. The lowest BCUT2D eigenvalue weighted by Crippen LogP contribution is -2.33. The first-order valence-electron chi connectivity index (χ1n) is 5.16. The van der Waals surface area contributed by atoms with Gasteiger partial charge < -0.3 is 11.1 Å². The van der Waals surface area contributed by atoms with Gasteiger partial charge in [-0.05, 0) is 13.8 Å². The molecule has 16 heavy (non-hydrogen) atoms. The van der Waals surface area contributed by atoms with Gasteiger partial charge in [0.05, 0.1) is 17.7 Å². The van der Waals surface area contributed by atoms with Crippen molar-refractivity contribution in [3.8, 4) is 0 Å². The van der Waals surface area contributed by atoms with Gasteiger partial charge in [0.2, 0.25) is 0 Å². The summed E-state index contributed by atoms with van der Waals surface area (Å²) in [5, 5.41) is 3.07. The third-order valence-electron chi connectivity index (χ3n) is 2.02. The number of nitrogens with zero attached hydrogens (tertiary/aromatic N) is 2. The summed E-state index contributed by atoms with van der Waals surface area (Å²) in [6.45, 7) is 9.08. The molecule has 1 rings (SSSR count). The zero-order valence-corrected chi connectivity index (χ0v) is 10.6. The monoisotopic (exact) mass is 238 g/mol. The molecule has 0 aliphatic rings. The van der Waals surface area contributed by atoms with Crippen molar-refractivity contribution in [3.05, 3.63) is 28.2 Å². The Morgan fingerprint density at radius 3 is 3.00 bits per heavy atom. The molecule has 0 aliphatic carbocycles. The van der Waals surface area contributed by atoms with E-state index in [0.29, 0.717) is 12.5 Å². The van der Waals surface area contributed by atoms with Crippen molar-refractivity contribution in [2.24, 2.45) is 10.7 Å². The summed E-state index contributed by atoms with van der Waals surface area (Å²) in [6, 6.07) is 0. The van der Waals surface area contributed by atoms with Gasteiger partial charge in [-0.15, -0.1) is 11.3 Å². The number of guanidine groups is 1. The number of hydrogen-bond donors (Lipinski definition) is 2. The average molecular weight is 238 g/mol. The third-order valence-corrected chi connectivity index (χ3v) is 3.02. The minimum absolute atomic E-state index is 0.477. The molecule has 0 amide bonds. The van der Waals surface area contributed by atoms with Crippen LogP contribution in [0.3, 0.4) is 0 Å². The lowest BCUT2D eigenvalue weighted by molar-refractivity contribution is 0.855. The SMILES string of the molecule is C=C(C)CN=C(N)NCCc1scnc1C. The molecule has 1 heterocycles. The molecule has 1 aromatic heterocycles. The quantitative estimate of drug-likeness (QED) is 0.464. The summed E-state index contributed by atoms with van der Waals surface area (Å²) in [4.78, 5) is 9.62. The molecule has 88 valence electrons. The summed E-state index contributed by atoms with van der Waals surface area (Å²) in [6.07, 6.45) is 0.930. The highest BCUT2D eigenvalue weighted by molar-refractivity contribution is 7.09. The number of hydrogen-bond acceptors (Lipinski definition) is 3. The number of thiazole rings is 1. The molecular formula is C11H18N4S. The minimum Gasteiger partial charge on any atom is -0.370 e. The van der Waals surface area contributed by atoms with E-state index >= 15 is 0 Å². The minimum atomic E-state index is 0.477. The van der Waals surface area contributed by atoms with Crippen molar-refractivity contribution in [3.63, 3.8) is 0 Å². The Morgan fingerprint density at radius 2 is 2.44 bits per heavy atom. The highest BCUT2D eigenvalue weighted by atomic mass is 32.1. The van der Waals surface area contributed by atoms with Gasteiger partial charge in [0, 0.05) is 17.8 Å². The lowest BCUT2D eigenvalue weighted by Gasteiger charge is -2.04. The Labute approximate surface area is 100 Å². The summed E-state index contributed by atoms with van der Waals surface area (Å²) >= 11 is 1.67. The summed E-state index contributed by atoms with van der Waals surface area (Å²) in [5.74, 6) is 0.477. The van der Waals surface area contributed by atoms with Crippen LogP contribution in [0.1, 0.15) is 17.5 Å². The van der Waals surface area contributed by atoms with Gasteiger partial charge in [-0.1, -0.05) is 12.2 Å². The fourth-order valence-corrected chi connectivity index (χ4v) is 1.93. The maximum atomic E-state index is 5.69. The highest BCUT2D eigenvalue weighted by Crippen LogP contribution is 2.11. The van der Waals surface area contributed by atoms with E-state index in [1.807, 2.05) is 19.4 Å². The van der Waals surface area contributed by atoms with Crippen LogP contribution in [-0.2, 0) is 6.42 Å². The number of aromatic nitrogens is 1. The standard InChI is InChI=1S/C11H18N4S/c1-8(2)6-14-11(12)13-5-4-10-9(3)15-7-16-10/h7H,1,4-6H2,2-3H3,(H3,12,13,14). The Kier molecular flexibility index (Phi) is 4.98. The van der Waals surface area contributed by atoms with Crippen LogP contribution in [0.2, 0.25) is 0 Å². The van der Waals surface area contributed by atoms with Gasteiger partial charge in [0.25, 0.3) is 0 Å². The van der Waals surface area contributed by atoms with Crippen LogP contribution in [0.5, 0.6) is 0 Å². The Balaban J connectivity index is 2.28. The first kappa shape index (κ1) is 12.7. The first-order valence-corrected chi connectivity index (χ1v) is 6.04. The van der Waals surface area contributed by atoms with Crippen molar-refractivity contribution in [2.75, 3.05) is 13.1 Å². The van der Waals surface area contributed by atoms with Crippen molar-refractivity contribution in [1.29, 1.82) is 0 Å². The van der Waals surface area contributed by atoms with Crippen LogP contribution >= 0.6 is 11.3 Å². The fraction of sp³-hybridized carbons (Fsp3) is 0.455. The van der Waals surface area contributed by atoms with Crippen LogP contribution in [0.15, 0.2) is 22.7 Å². The topological polar surface area (TPSA) is 63.3 Å². The molecule has 0 radical (unpaired) electrons. The van der Waals surface area contributed by atoms with Crippen LogP contribution in [-0.4, -0.2) is 24.0 Å². The van der Waals surface area contributed by atoms with E-state index < -0.39 is 0 Å². The van der Waals surface area contributed by atoms with Crippen LogP contribution in [0.4, 0.5) is 0 Å². The lowest BCUT2D eigenvalue weighted by atomic mass is 10.3. The van der Waals surface area contributed by atoms with E-state index in [1.165, 1.54) is 4.88 Å². The maximum Gasteiger partial charge on any atom is 0.188 e. The van der Waals surface area contributed by atoms with E-state index in [9.17, 15) is 0 Å². The zero-order valence-electron chi connectivity index (χ0n) is 9.79. The van der Waals surface area contributed by atoms with Gasteiger partial charge in [0.15, 0.2) is 5.96 Å². The van der Waals surface area contributed by atoms with E-state index in [-0.39, 0.29) is 0 Å². The third kappa shape index (κ3) is 4.44. The maximum absolute atomic E-state index is 5.69. The van der Waals surface area contributed by atoms with Gasteiger partial charge in [-0.25, -0.2) is 9.98 Å². The largest absolute Gasteiger partial charge is 0.370 e. The average Bonchev–Trinajstić information content (AvgIpc) is 2.61. The summed E-state index contributed by atoms with van der Waals surface area (Å²) in [7, 11) is 0. The van der Waals surface area contributed by atoms with Crippen LogP contribution < -0.4 is 11.1 Å². The molecule has 0 spiro atoms. The first-order chi connectivity index (χ1) is 7.59. The molecule has 1 aromatic rings. The van der Waals surface area contributed by atoms with E-state index in [4.69, 9.17) is 5.73 Å². The predicted molar refractivity (Wildman–Crippen MR) is 69.9 cm³/mol. The molecule has 0 atom stereocenters. The summed E-state index contributed by atoms with van der Waals surface area (Å²) in [5.41, 5.74) is 9.65. The molecule has 0 aromatic carbocycles. The van der Waals surface area contributed by atoms with E-state index in [1.54, 1.807) is 11.3 Å². The number of aliphatic imine (C=N–C) groups is 1. The van der Waals surface area contributed by atoms with Gasteiger partial charge in [-0.2, -0.15) is 0 Å². The Morgan fingerprint density at radius 1 is 1.69 bits per heavy atom. The molecule has 0 saturated heterocycles. The molecule has 5 heteroatoms. The molecule has 0 saturated carbocycles. The van der Waals surface area contributed by atoms with Crippen LogP contribution in [0, 0.1) is 6.92 Å². The van der Waals surface area contributed by atoms with Crippen molar-refractivity contribution in [2.45, 2.75) is 20.3 Å². The normalized spacial score (nSPS) is 11.5. The van der Waals surface area contributed by atoms with Gasteiger partial charge in [0.1, 0.15) is 0 Å². The van der Waals surface area contributed by atoms with Crippen molar-refractivity contribution in [1.82, 2.24) is 10.3 Å². The van der Waals surface area contributed by atoms with Gasteiger partial charge >= 0.3 is 0 Å². The number of rotatable bonds is 5. The second kappa shape index (κ2) is 6.27. The molecule has 0 bridgehead atoms. The Bertz CT molecular complexity index is 381. The fourth-order valence-electron chi connectivity index (χ4n) is 1.15. The van der Waals surface area contributed by atoms with Crippen molar-refractivity contribution < 1.29 is 0 Å². The smallest absolute Gasteiger partial charge is 0.188 e. The molecule has 4 nitrogen and oxygen atoms in total. The summed E-state index contributed by atoms with van der Waals surface area (Å²) < 4.78 is 0. The molecule has 0 fully saturated rings. The zero-order chi connectivity index (χ0) is 12.0. The van der Waals surface area contributed by atoms with Crippen LogP contribution in [0.25, 0.3) is 0 Å². The number of nitrogens with one attached hydrogen (secondary N) is 1. The molecular weight excluding hydrogens is 220 g/mol.